The third-order valence-corrected chi connectivity index (χ3v) is 1.43. The normalized spacial score (nSPS) is 10.9. The zero-order valence-electron chi connectivity index (χ0n) is 7.51. The van der Waals surface area contributed by atoms with Gasteiger partial charge in [-0.3, -0.25) is 14.4 Å². The molecule has 0 spiro atoms. The maximum atomic E-state index is 11.2. The van der Waals surface area contributed by atoms with Gasteiger partial charge < -0.3 is 5.73 Å². The fourth-order valence-electron chi connectivity index (χ4n) is 0.498. The van der Waals surface area contributed by atoms with Crippen molar-refractivity contribution in [1.29, 1.82) is 0 Å². The number of hydrogen-bond acceptors (Lipinski definition) is 3. The van der Waals surface area contributed by atoms with Gasteiger partial charge in [-0.15, -0.1) is 0 Å². The summed E-state index contributed by atoms with van der Waals surface area (Å²) >= 11 is 0. The summed E-state index contributed by atoms with van der Waals surface area (Å²) < 4.78 is 0. The first kappa shape index (κ1) is 10.8. The Bertz CT molecular complexity index is 225. The van der Waals surface area contributed by atoms with Crippen molar-refractivity contribution in [3.63, 3.8) is 0 Å². The van der Waals surface area contributed by atoms with Gasteiger partial charge in [0.15, 0.2) is 0 Å². The van der Waals surface area contributed by atoms with Crippen LogP contribution in [0, 0.1) is 5.41 Å². The van der Waals surface area contributed by atoms with Crippen LogP contribution in [-0.4, -0.2) is 17.5 Å². The van der Waals surface area contributed by atoms with Crippen LogP contribution in [0.15, 0.2) is 0 Å². The lowest BCUT2D eigenvalue weighted by molar-refractivity contribution is -0.140. The summed E-state index contributed by atoms with van der Waals surface area (Å²) in [5, 5.41) is 0. The molecule has 0 heterocycles. The van der Waals surface area contributed by atoms with Gasteiger partial charge in [-0.25, -0.2) is 0 Å². The molecule has 0 aliphatic heterocycles. The molecule has 12 heavy (non-hydrogen) atoms. The molecule has 0 atom stereocenters. The lowest BCUT2D eigenvalue weighted by Crippen LogP contribution is -2.30. The zero-order valence-corrected chi connectivity index (χ0v) is 7.51. The highest BCUT2D eigenvalue weighted by Gasteiger charge is 2.25. The van der Waals surface area contributed by atoms with Gasteiger partial charge in [0.1, 0.15) is 5.78 Å². The van der Waals surface area contributed by atoms with E-state index < -0.39 is 23.5 Å². The van der Waals surface area contributed by atoms with Gasteiger partial charge in [-0.05, 0) is 0 Å². The first-order valence-electron chi connectivity index (χ1n) is 3.61. The molecule has 0 rings (SSSR count). The Kier molecular flexibility index (Phi) is 3.13. The number of hydrogen-bond donors (Lipinski definition) is 1. The molecule has 0 saturated heterocycles. The van der Waals surface area contributed by atoms with Crippen LogP contribution in [0.1, 0.15) is 27.2 Å². The van der Waals surface area contributed by atoms with Crippen LogP contribution < -0.4 is 5.73 Å². The molecular formula is C8H13NO3. The smallest absolute Gasteiger partial charge is 0.285 e. The van der Waals surface area contributed by atoms with E-state index in [4.69, 9.17) is 0 Å². The minimum Gasteiger partial charge on any atom is -0.363 e. The van der Waals surface area contributed by atoms with Crippen molar-refractivity contribution in [1.82, 2.24) is 0 Å². The molecule has 4 nitrogen and oxygen atoms in total. The zero-order chi connectivity index (χ0) is 9.94. The summed E-state index contributed by atoms with van der Waals surface area (Å²) in [6.45, 7) is 5.05. The van der Waals surface area contributed by atoms with Crippen molar-refractivity contribution in [3.05, 3.63) is 0 Å². The molecule has 0 aliphatic carbocycles. The third kappa shape index (κ3) is 3.27. The molecule has 1 amide bonds. The van der Waals surface area contributed by atoms with Gasteiger partial charge in [0.05, 0.1) is 6.42 Å². The predicted molar refractivity (Wildman–Crippen MR) is 43.3 cm³/mol. The fraction of sp³-hybridized carbons (Fsp3) is 0.625. The molecule has 0 radical (unpaired) electrons. The predicted octanol–water partition coefficient (Wildman–Crippen LogP) is 0.0461. The molecule has 0 aromatic rings. The van der Waals surface area contributed by atoms with Crippen LogP contribution in [0.2, 0.25) is 0 Å². The Labute approximate surface area is 71.1 Å². The fourth-order valence-corrected chi connectivity index (χ4v) is 0.498. The number of primary amides is 1. The molecule has 2 N–H and O–H groups in total. The number of carbonyl (C=O) groups is 3. The summed E-state index contributed by atoms with van der Waals surface area (Å²) in [6, 6.07) is 0. The topological polar surface area (TPSA) is 77.2 Å². The number of rotatable bonds is 3. The van der Waals surface area contributed by atoms with E-state index in [1.165, 1.54) is 0 Å². The van der Waals surface area contributed by atoms with Gasteiger partial charge in [-0.1, -0.05) is 20.8 Å². The third-order valence-electron chi connectivity index (χ3n) is 1.43. The Hall–Kier alpha value is -1.19. The largest absolute Gasteiger partial charge is 0.363 e. The average molecular weight is 171 g/mol. The van der Waals surface area contributed by atoms with Gasteiger partial charge >= 0.3 is 0 Å². The maximum absolute atomic E-state index is 11.2. The van der Waals surface area contributed by atoms with E-state index >= 15 is 0 Å². The first-order chi connectivity index (χ1) is 5.25. The molecule has 0 fully saturated rings. The van der Waals surface area contributed by atoms with E-state index in [1.54, 1.807) is 20.8 Å². The van der Waals surface area contributed by atoms with E-state index in [2.05, 4.69) is 5.73 Å². The molecule has 0 bridgehead atoms. The van der Waals surface area contributed by atoms with Crippen molar-refractivity contribution in [2.75, 3.05) is 0 Å². The highest BCUT2D eigenvalue weighted by molar-refractivity contribution is 6.39. The van der Waals surface area contributed by atoms with Crippen LogP contribution in [0.3, 0.4) is 0 Å². The van der Waals surface area contributed by atoms with E-state index in [0.717, 1.165) is 0 Å². The molecule has 68 valence electrons. The molecule has 0 saturated carbocycles. The molecule has 4 heteroatoms. The number of ketones is 2. The lowest BCUT2D eigenvalue weighted by Gasteiger charge is -2.14. The van der Waals surface area contributed by atoms with Crippen LogP contribution in [0.5, 0.6) is 0 Å². The van der Waals surface area contributed by atoms with Crippen molar-refractivity contribution in [2.24, 2.45) is 11.1 Å². The van der Waals surface area contributed by atoms with Gasteiger partial charge in [0.2, 0.25) is 5.78 Å². The molecule has 0 unspecified atom stereocenters. The van der Waals surface area contributed by atoms with Gasteiger partial charge in [0, 0.05) is 5.41 Å². The van der Waals surface area contributed by atoms with E-state index in [9.17, 15) is 14.4 Å². The van der Waals surface area contributed by atoms with Crippen LogP contribution in [-0.2, 0) is 14.4 Å². The molecule has 0 aliphatic rings. The Morgan fingerprint density at radius 3 is 1.83 bits per heavy atom. The van der Waals surface area contributed by atoms with Crippen molar-refractivity contribution >= 4 is 17.5 Å². The summed E-state index contributed by atoms with van der Waals surface area (Å²) in [5.41, 5.74) is 4.09. The SMILES string of the molecule is CC(C)(C)C(=O)CC(=O)C(N)=O. The Morgan fingerprint density at radius 2 is 1.58 bits per heavy atom. The van der Waals surface area contributed by atoms with E-state index in [1.807, 2.05) is 0 Å². The maximum Gasteiger partial charge on any atom is 0.285 e. The quantitative estimate of drug-likeness (QED) is 0.481. The monoisotopic (exact) mass is 171 g/mol. The molecule has 0 aromatic carbocycles. The number of carbonyl (C=O) groups excluding carboxylic acids is 3. The summed E-state index contributed by atoms with van der Waals surface area (Å²) in [5.74, 6) is -2.14. The van der Waals surface area contributed by atoms with Crippen molar-refractivity contribution < 1.29 is 14.4 Å². The minimum atomic E-state index is -1.05. The Balaban J connectivity index is 4.21. The van der Waals surface area contributed by atoms with E-state index in [0.29, 0.717) is 0 Å². The van der Waals surface area contributed by atoms with Crippen molar-refractivity contribution in [3.8, 4) is 0 Å². The Morgan fingerprint density at radius 1 is 1.17 bits per heavy atom. The second-order valence-electron chi connectivity index (χ2n) is 3.64. The van der Waals surface area contributed by atoms with Crippen molar-refractivity contribution in [2.45, 2.75) is 27.2 Å². The standard InChI is InChI=1S/C8H13NO3/c1-8(2,3)6(11)4-5(10)7(9)12/h4H2,1-3H3,(H2,9,12). The van der Waals surface area contributed by atoms with E-state index in [-0.39, 0.29) is 5.78 Å². The highest BCUT2D eigenvalue weighted by Crippen LogP contribution is 2.16. The van der Waals surface area contributed by atoms with Crippen LogP contribution >= 0.6 is 0 Å². The van der Waals surface area contributed by atoms with Gasteiger partial charge in [-0.2, -0.15) is 0 Å². The van der Waals surface area contributed by atoms with Gasteiger partial charge in [0.25, 0.3) is 5.91 Å². The summed E-state index contributed by atoms with van der Waals surface area (Å²) in [6.07, 6.45) is -0.390. The molecule has 0 aromatic heterocycles. The first-order valence-corrected chi connectivity index (χ1v) is 3.61. The number of nitrogens with two attached hydrogens (primary N) is 1. The number of amides is 1. The molecular weight excluding hydrogens is 158 g/mol. The average Bonchev–Trinajstić information content (AvgIpc) is 1.85. The van der Waals surface area contributed by atoms with Crippen LogP contribution in [0.25, 0.3) is 0 Å². The second kappa shape index (κ2) is 3.47. The summed E-state index contributed by atoms with van der Waals surface area (Å²) in [7, 11) is 0. The van der Waals surface area contributed by atoms with Crippen LogP contribution in [0.4, 0.5) is 0 Å². The minimum absolute atomic E-state index is 0.272. The highest BCUT2D eigenvalue weighted by atomic mass is 16.2. The lowest BCUT2D eigenvalue weighted by atomic mass is 9.88. The second-order valence-corrected chi connectivity index (χ2v) is 3.64. The summed E-state index contributed by atoms with van der Waals surface area (Å²) in [4.78, 5) is 32.1. The number of Topliss-reactive ketones (excluding diaryl/α,β-unsaturated/α-hetero) is 2.